The second-order valence-electron chi connectivity index (χ2n) is 12.6. The number of para-hydroxylation sites is 2. The number of ether oxygens (including phenoxy) is 1. The van der Waals surface area contributed by atoms with E-state index >= 15 is 0 Å². The molecular weight excluding hydrogens is 524 g/mol. The van der Waals surface area contributed by atoms with Gasteiger partial charge in [-0.3, -0.25) is 19.2 Å². The van der Waals surface area contributed by atoms with Crippen LogP contribution >= 0.6 is 0 Å². The Hall–Kier alpha value is -2.73. The molecule has 0 saturated carbocycles. The summed E-state index contributed by atoms with van der Waals surface area (Å²) < 4.78 is 8.51. The van der Waals surface area contributed by atoms with Crippen LogP contribution in [0.25, 0.3) is 11.0 Å². The van der Waals surface area contributed by atoms with E-state index in [0.717, 1.165) is 57.1 Å². The first kappa shape index (κ1) is 28.4. The lowest BCUT2D eigenvalue weighted by molar-refractivity contribution is -0.142. The fraction of sp³-hybridized carbons (Fsp3) is 0.700. The van der Waals surface area contributed by atoms with Crippen LogP contribution in [0.3, 0.4) is 0 Å². The summed E-state index contributed by atoms with van der Waals surface area (Å²) in [6.45, 7) is 8.69. The molecule has 11 heteroatoms. The number of carbonyl (C=O) groups is 2. The number of benzene rings is 1. The van der Waals surface area contributed by atoms with E-state index in [2.05, 4.69) is 15.1 Å². The normalized spacial score (nSPS) is 28.0. The third-order valence-electron chi connectivity index (χ3n) is 9.49. The Morgan fingerprint density at radius 3 is 2.32 bits per heavy atom. The van der Waals surface area contributed by atoms with Crippen molar-refractivity contribution in [3.05, 3.63) is 34.7 Å². The van der Waals surface area contributed by atoms with Crippen molar-refractivity contribution in [1.29, 1.82) is 0 Å². The topological polar surface area (TPSA) is 112 Å². The van der Waals surface area contributed by atoms with E-state index in [-0.39, 0.29) is 35.8 Å². The summed E-state index contributed by atoms with van der Waals surface area (Å²) in [5, 5.41) is 14.2. The van der Waals surface area contributed by atoms with Gasteiger partial charge in [-0.2, -0.15) is 0 Å². The molecule has 6 rings (SSSR count). The number of carbonyl (C=O) groups excluding carboxylic acids is 2. The average molecular weight is 569 g/mol. The van der Waals surface area contributed by atoms with Crippen LogP contribution in [0, 0.1) is 0 Å². The number of β-amino-alcohol motifs (C(OH)–C–C–N with tert-alkyl or cyclic N) is 1. The van der Waals surface area contributed by atoms with Gasteiger partial charge in [0.25, 0.3) is 5.91 Å². The first-order valence-electron chi connectivity index (χ1n) is 15.4. The van der Waals surface area contributed by atoms with Crippen molar-refractivity contribution in [3.8, 4) is 0 Å². The van der Waals surface area contributed by atoms with E-state index in [1.807, 2.05) is 43.0 Å². The molecule has 4 fully saturated rings. The molecule has 2 amide bonds. The maximum Gasteiger partial charge on any atom is 0.337 e. The molecule has 1 aromatic heterocycles. The molecule has 0 aliphatic carbocycles. The number of hydrogen-bond donors (Lipinski definition) is 2. The predicted octanol–water partition coefficient (Wildman–Crippen LogP) is 1.62. The SMILES string of the molecule is CC(C)n1c(=O)n(C(=O)NC2CC3CCC(C2)N3C[C@@H](O)CN2CCN(C(=O)[C@H]3CCCO3)CC2)c2ccccc21. The summed E-state index contributed by atoms with van der Waals surface area (Å²) in [6.07, 6.45) is 4.79. The van der Waals surface area contributed by atoms with Crippen LogP contribution in [0.1, 0.15) is 58.4 Å². The quantitative estimate of drug-likeness (QED) is 0.522. The third kappa shape index (κ3) is 5.69. The van der Waals surface area contributed by atoms with Crippen LogP contribution in [0.15, 0.2) is 29.1 Å². The van der Waals surface area contributed by atoms with Gasteiger partial charge in [-0.25, -0.2) is 14.2 Å². The highest BCUT2D eigenvalue weighted by Gasteiger charge is 2.42. The number of piperidine rings is 1. The largest absolute Gasteiger partial charge is 0.390 e. The highest BCUT2D eigenvalue weighted by molar-refractivity contribution is 5.89. The van der Waals surface area contributed by atoms with Crippen molar-refractivity contribution in [2.75, 3.05) is 45.9 Å². The molecule has 2 unspecified atom stereocenters. The number of fused-ring (bicyclic) bond motifs is 3. The van der Waals surface area contributed by atoms with Crippen molar-refractivity contribution in [2.45, 2.75) is 88.7 Å². The molecule has 11 nitrogen and oxygen atoms in total. The van der Waals surface area contributed by atoms with E-state index in [1.54, 1.807) is 4.57 Å². The molecule has 41 heavy (non-hydrogen) atoms. The summed E-state index contributed by atoms with van der Waals surface area (Å²) >= 11 is 0. The number of aliphatic hydroxyl groups is 1. The average Bonchev–Trinajstić information content (AvgIpc) is 3.64. The van der Waals surface area contributed by atoms with Crippen LogP contribution in [-0.4, -0.2) is 117 Å². The number of piperazine rings is 1. The molecule has 2 N–H and O–H groups in total. The van der Waals surface area contributed by atoms with Crippen molar-refractivity contribution in [1.82, 2.24) is 29.2 Å². The van der Waals surface area contributed by atoms with E-state index < -0.39 is 6.10 Å². The van der Waals surface area contributed by atoms with Gasteiger partial charge in [0.1, 0.15) is 6.10 Å². The van der Waals surface area contributed by atoms with E-state index in [1.165, 1.54) is 4.57 Å². The maximum absolute atomic E-state index is 13.4. The lowest BCUT2D eigenvalue weighted by atomic mass is 9.97. The fourth-order valence-corrected chi connectivity index (χ4v) is 7.52. The van der Waals surface area contributed by atoms with Crippen molar-refractivity contribution >= 4 is 23.0 Å². The van der Waals surface area contributed by atoms with Crippen LogP contribution in [0.2, 0.25) is 0 Å². The number of hydrogen-bond acceptors (Lipinski definition) is 7. The highest BCUT2D eigenvalue weighted by Crippen LogP contribution is 2.36. The lowest BCUT2D eigenvalue weighted by Crippen LogP contribution is -2.56. The minimum Gasteiger partial charge on any atom is -0.390 e. The second-order valence-corrected chi connectivity index (χ2v) is 12.6. The molecule has 5 heterocycles. The number of nitrogens with zero attached hydrogens (tertiary/aromatic N) is 5. The molecule has 0 spiro atoms. The summed E-state index contributed by atoms with van der Waals surface area (Å²) in [4.78, 5) is 45.8. The van der Waals surface area contributed by atoms with Crippen molar-refractivity contribution in [3.63, 3.8) is 0 Å². The molecular formula is C30H44N6O5. The summed E-state index contributed by atoms with van der Waals surface area (Å²) in [7, 11) is 0. The number of aliphatic hydroxyl groups excluding tert-OH is 1. The fourth-order valence-electron chi connectivity index (χ4n) is 7.52. The Morgan fingerprint density at radius 1 is 1.00 bits per heavy atom. The van der Waals surface area contributed by atoms with Gasteiger partial charge < -0.3 is 20.1 Å². The molecule has 1 aromatic carbocycles. The van der Waals surface area contributed by atoms with Gasteiger partial charge >= 0.3 is 11.7 Å². The number of amides is 2. The smallest absolute Gasteiger partial charge is 0.337 e. The zero-order valence-corrected chi connectivity index (χ0v) is 24.3. The van der Waals surface area contributed by atoms with Crippen LogP contribution in [0.4, 0.5) is 4.79 Å². The number of rotatable bonds is 7. The standard InChI is InChI=1S/C30H44N6O5/c1-20(2)35-25-6-3-4-7-26(25)36(30(35)40)29(39)31-21-16-22-9-10-23(17-21)34(22)19-24(37)18-32-11-13-33(14-12-32)28(38)27-8-5-15-41-27/h3-4,6-7,20-24,27,37H,5,8-19H2,1-2H3,(H,31,39)/t21?,22?,23?,24-,27+/m0/s1. The molecule has 2 bridgehead atoms. The third-order valence-corrected chi connectivity index (χ3v) is 9.49. The van der Waals surface area contributed by atoms with Gasteiger partial charge in [0.05, 0.1) is 17.1 Å². The van der Waals surface area contributed by atoms with Crippen molar-refractivity contribution in [2.24, 2.45) is 0 Å². The van der Waals surface area contributed by atoms with E-state index in [4.69, 9.17) is 4.74 Å². The highest BCUT2D eigenvalue weighted by atomic mass is 16.5. The first-order valence-corrected chi connectivity index (χ1v) is 15.4. The first-order chi connectivity index (χ1) is 19.8. The lowest BCUT2D eigenvalue weighted by Gasteiger charge is -2.41. The van der Waals surface area contributed by atoms with Gasteiger partial charge in [0, 0.05) is 70.0 Å². The molecule has 4 atom stereocenters. The predicted molar refractivity (Wildman–Crippen MR) is 155 cm³/mol. The Bertz CT molecular complexity index is 1290. The van der Waals surface area contributed by atoms with Crippen molar-refractivity contribution < 1.29 is 19.4 Å². The minimum absolute atomic E-state index is 0.00378. The van der Waals surface area contributed by atoms with E-state index in [9.17, 15) is 19.5 Å². The number of aromatic nitrogens is 2. The minimum atomic E-state index is -0.467. The zero-order valence-electron chi connectivity index (χ0n) is 24.3. The van der Waals surface area contributed by atoms with Gasteiger partial charge in [-0.15, -0.1) is 0 Å². The molecule has 4 aliphatic heterocycles. The molecule has 0 radical (unpaired) electrons. The monoisotopic (exact) mass is 568 g/mol. The molecule has 4 aliphatic rings. The van der Waals surface area contributed by atoms with Gasteiger partial charge in [0.15, 0.2) is 0 Å². The number of imidazole rings is 1. The Kier molecular flexibility index (Phi) is 8.22. The zero-order chi connectivity index (χ0) is 28.7. The Balaban J connectivity index is 1.01. The molecule has 4 saturated heterocycles. The Morgan fingerprint density at radius 2 is 1.68 bits per heavy atom. The number of nitrogens with one attached hydrogen (secondary N) is 1. The maximum atomic E-state index is 13.4. The Labute approximate surface area is 241 Å². The van der Waals surface area contributed by atoms with E-state index in [0.29, 0.717) is 50.4 Å². The van der Waals surface area contributed by atoms with Gasteiger partial charge in [0.2, 0.25) is 0 Å². The van der Waals surface area contributed by atoms with Crippen LogP contribution in [-0.2, 0) is 9.53 Å². The molecule has 224 valence electrons. The summed E-state index contributed by atoms with van der Waals surface area (Å²) in [5.41, 5.74) is 1.09. The van der Waals surface area contributed by atoms with Gasteiger partial charge in [-0.1, -0.05) is 12.1 Å². The van der Waals surface area contributed by atoms with Crippen LogP contribution in [0.5, 0.6) is 0 Å². The van der Waals surface area contributed by atoms with Crippen LogP contribution < -0.4 is 11.0 Å². The summed E-state index contributed by atoms with van der Waals surface area (Å²) in [5.74, 6) is 0.116. The summed E-state index contributed by atoms with van der Waals surface area (Å²) in [6, 6.07) is 7.65. The molecule has 2 aromatic rings. The second kappa shape index (κ2) is 11.9. The van der Waals surface area contributed by atoms with Gasteiger partial charge in [-0.05, 0) is 64.5 Å².